The van der Waals surface area contributed by atoms with Gasteiger partial charge in [0.05, 0.1) is 6.61 Å². The minimum Gasteiger partial charge on any atom is -0.383 e. The van der Waals surface area contributed by atoms with Crippen LogP contribution in [0.2, 0.25) is 0 Å². The summed E-state index contributed by atoms with van der Waals surface area (Å²) in [5.41, 5.74) is 2.45. The monoisotopic (exact) mass is 259 g/mol. The van der Waals surface area contributed by atoms with Crippen LogP contribution in [0.3, 0.4) is 0 Å². The molecule has 0 bridgehead atoms. The number of methoxy groups -OCH3 is 1. The van der Waals surface area contributed by atoms with Crippen LogP contribution in [0.4, 0.5) is 5.95 Å². The maximum absolute atomic E-state index is 5.13. The van der Waals surface area contributed by atoms with Gasteiger partial charge in [-0.2, -0.15) is 0 Å². The molecule has 1 unspecified atom stereocenters. The predicted molar refractivity (Wildman–Crippen MR) is 77.9 cm³/mol. The van der Waals surface area contributed by atoms with E-state index in [-0.39, 0.29) is 6.04 Å². The van der Waals surface area contributed by atoms with Crippen molar-refractivity contribution in [3.05, 3.63) is 42.2 Å². The number of ether oxygens (including phenoxy) is 1. The number of benzene rings is 1. The SMILES string of the molecule is CCc1ccc(-n2ccnc2NC(C)COC)cc1. The van der Waals surface area contributed by atoms with Gasteiger partial charge in [0.2, 0.25) is 5.95 Å². The first-order valence-electron chi connectivity index (χ1n) is 6.62. The molecule has 0 saturated heterocycles. The Morgan fingerprint density at radius 2 is 2.05 bits per heavy atom. The van der Waals surface area contributed by atoms with Crippen LogP contribution in [0.1, 0.15) is 19.4 Å². The summed E-state index contributed by atoms with van der Waals surface area (Å²) in [6, 6.07) is 8.76. The van der Waals surface area contributed by atoms with Crippen molar-refractivity contribution < 1.29 is 4.74 Å². The molecular weight excluding hydrogens is 238 g/mol. The zero-order valence-corrected chi connectivity index (χ0v) is 11.8. The maximum Gasteiger partial charge on any atom is 0.207 e. The summed E-state index contributed by atoms with van der Waals surface area (Å²) in [5, 5.41) is 3.35. The van der Waals surface area contributed by atoms with Crippen LogP contribution in [0.15, 0.2) is 36.7 Å². The van der Waals surface area contributed by atoms with Crippen LogP contribution >= 0.6 is 0 Å². The number of hydrogen-bond acceptors (Lipinski definition) is 3. The van der Waals surface area contributed by atoms with Crippen molar-refractivity contribution in [1.82, 2.24) is 9.55 Å². The molecule has 2 aromatic rings. The van der Waals surface area contributed by atoms with Crippen LogP contribution < -0.4 is 5.32 Å². The fourth-order valence-electron chi connectivity index (χ4n) is 2.02. The van der Waals surface area contributed by atoms with E-state index in [2.05, 4.69) is 48.4 Å². The van der Waals surface area contributed by atoms with Gasteiger partial charge in [0, 0.05) is 31.2 Å². The molecule has 0 amide bonds. The lowest BCUT2D eigenvalue weighted by Crippen LogP contribution is -2.22. The summed E-state index contributed by atoms with van der Waals surface area (Å²) in [4.78, 5) is 4.35. The van der Waals surface area contributed by atoms with Gasteiger partial charge in [0.25, 0.3) is 0 Å². The van der Waals surface area contributed by atoms with Crippen molar-refractivity contribution in [2.75, 3.05) is 19.0 Å². The Kier molecular flexibility index (Phi) is 4.58. The van der Waals surface area contributed by atoms with Gasteiger partial charge in [-0.05, 0) is 31.0 Å². The van der Waals surface area contributed by atoms with E-state index in [0.29, 0.717) is 6.61 Å². The number of aryl methyl sites for hydroxylation is 1. The van der Waals surface area contributed by atoms with Gasteiger partial charge in [0.15, 0.2) is 0 Å². The smallest absolute Gasteiger partial charge is 0.207 e. The third-order valence-electron chi connectivity index (χ3n) is 3.06. The molecule has 1 N–H and O–H groups in total. The van der Waals surface area contributed by atoms with E-state index in [4.69, 9.17) is 4.74 Å². The maximum atomic E-state index is 5.13. The van der Waals surface area contributed by atoms with Crippen LogP contribution in [-0.2, 0) is 11.2 Å². The summed E-state index contributed by atoms with van der Waals surface area (Å²) in [5.74, 6) is 0.841. The topological polar surface area (TPSA) is 39.1 Å². The van der Waals surface area contributed by atoms with E-state index in [0.717, 1.165) is 18.1 Å². The second kappa shape index (κ2) is 6.38. The number of imidazole rings is 1. The minimum absolute atomic E-state index is 0.223. The third-order valence-corrected chi connectivity index (χ3v) is 3.06. The van der Waals surface area contributed by atoms with Gasteiger partial charge < -0.3 is 10.1 Å². The van der Waals surface area contributed by atoms with Crippen LogP contribution in [0.5, 0.6) is 0 Å². The molecule has 19 heavy (non-hydrogen) atoms. The van der Waals surface area contributed by atoms with E-state index in [1.165, 1.54) is 5.56 Å². The summed E-state index contributed by atoms with van der Waals surface area (Å²) in [6.45, 7) is 4.88. The second-order valence-electron chi connectivity index (χ2n) is 4.64. The van der Waals surface area contributed by atoms with Crippen molar-refractivity contribution in [1.29, 1.82) is 0 Å². The van der Waals surface area contributed by atoms with Gasteiger partial charge in [-0.1, -0.05) is 19.1 Å². The molecule has 0 spiro atoms. The standard InChI is InChI=1S/C15H21N3O/c1-4-13-5-7-14(8-6-13)18-10-9-16-15(18)17-12(2)11-19-3/h5-10,12H,4,11H2,1-3H3,(H,16,17). The lowest BCUT2D eigenvalue weighted by atomic mass is 10.1. The highest BCUT2D eigenvalue weighted by Crippen LogP contribution is 2.16. The Balaban J connectivity index is 2.18. The molecule has 0 fully saturated rings. The molecular formula is C15H21N3O. The summed E-state index contributed by atoms with van der Waals surface area (Å²) < 4.78 is 7.18. The zero-order valence-electron chi connectivity index (χ0n) is 11.8. The second-order valence-corrected chi connectivity index (χ2v) is 4.64. The average molecular weight is 259 g/mol. The van der Waals surface area contributed by atoms with Gasteiger partial charge in [-0.15, -0.1) is 0 Å². The first-order valence-corrected chi connectivity index (χ1v) is 6.62. The van der Waals surface area contributed by atoms with E-state index < -0.39 is 0 Å². The van der Waals surface area contributed by atoms with Crippen molar-refractivity contribution >= 4 is 5.95 Å². The van der Waals surface area contributed by atoms with E-state index in [1.54, 1.807) is 13.3 Å². The van der Waals surface area contributed by atoms with Gasteiger partial charge in [-0.3, -0.25) is 4.57 Å². The third kappa shape index (κ3) is 3.35. The van der Waals surface area contributed by atoms with Gasteiger partial charge in [-0.25, -0.2) is 4.98 Å². The first kappa shape index (κ1) is 13.6. The lowest BCUT2D eigenvalue weighted by Gasteiger charge is -2.15. The molecule has 4 nitrogen and oxygen atoms in total. The zero-order chi connectivity index (χ0) is 13.7. The Hall–Kier alpha value is -1.81. The van der Waals surface area contributed by atoms with Crippen molar-refractivity contribution in [3.8, 4) is 5.69 Å². The van der Waals surface area contributed by atoms with E-state index in [1.807, 2.05) is 10.8 Å². The predicted octanol–water partition coefficient (Wildman–Crippen LogP) is 2.88. The quantitative estimate of drug-likeness (QED) is 0.867. The highest BCUT2D eigenvalue weighted by molar-refractivity contribution is 5.43. The molecule has 1 heterocycles. The summed E-state index contributed by atoms with van der Waals surface area (Å²) in [6.07, 6.45) is 4.82. The van der Waals surface area contributed by atoms with E-state index >= 15 is 0 Å². The van der Waals surface area contributed by atoms with Gasteiger partial charge in [0.1, 0.15) is 0 Å². The van der Waals surface area contributed by atoms with Crippen LogP contribution in [0.25, 0.3) is 5.69 Å². The fourth-order valence-corrected chi connectivity index (χ4v) is 2.02. The first-order chi connectivity index (χ1) is 9.24. The van der Waals surface area contributed by atoms with Gasteiger partial charge >= 0.3 is 0 Å². The molecule has 0 radical (unpaired) electrons. The summed E-state index contributed by atoms with van der Waals surface area (Å²) in [7, 11) is 1.70. The molecule has 2 rings (SSSR count). The Bertz CT molecular complexity index is 504. The fraction of sp³-hybridized carbons (Fsp3) is 0.400. The van der Waals surface area contributed by atoms with Crippen molar-refractivity contribution in [3.63, 3.8) is 0 Å². The normalized spacial score (nSPS) is 12.4. The Morgan fingerprint density at radius 3 is 2.68 bits per heavy atom. The van der Waals surface area contributed by atoms with Crippen LogP contribution in [0, 0.1) is 0 Å². The number of nitrogens with one attached hydrogen (secondary N) is 1. The number of nitrogens with zero attached hydrogens (tertiary/aromatic N) is 2. The molecule has 102 valence electrons. The average Bonchev–Trinajstić information content (AvgIpc) is 2.87. The Morgan fingerprint density at radius 1 is 1.32 bits per heavy atom. The van der Waals surface area contributed by atoms with Crippen molar-refractivity contribution in [2.24, 2.45) is 0 Å². The van der Waals surface area contributed by atoms with Crippen LogP contribution in [-0.4, -0.2) is 29.3 Å². The molecule has 1 atom stereocenters. The molecule has 0 saturated carbocycles. The lowest BCUT2D eigenvalue weighted by molar-refractivity contribution is 0.190. The molecule has 4 heteroatoms. The molecule has 0 aliphatic carbocycles. The number of rotatable bonds is 6. The molecule has 0 aliphatic heterocycles. The number of aromatic nitrogens is 2. The molecule has 1 aromatic heterocycles. The highest BCUT2D eigenvalue weighted by atomic mass is 16.5. The molecule has 0 aliphatic rings. The number of hydrogen-bond donors (Lipinski definition) is 1. The minimum atomic E-state index is 0.223. The molecule has 1 aromatic carbocycles. The van der Waals surface area contributed by atoms with Crippen molar-refractivity contribution in [2.45, 2.75) is 26.3 Å². The summed E-state index contributed by atoms with van der Waals surface area (Å²) >= 11 is 0. The van der Waals surface area contributed by atoms with E-state index in [9.17, 15) is 0 Å². The number of anilines is 1. The largest absolute Gasteiger partial charge is 0.383 e. The Labute approximate surface area is 114 Å². The highest BCUT2D eigenvalue weighted by Gasteiger charge is 2.08.